The zero-order valence-corrected chi connectivity index (χ0v) is 16.5. The normalized spacial score (nSPS) is 11.1. The maximum atomic E-state index is 5.78. The Morgan fingerprint density at radius 2 is 1.96 bits per heavy atom. The predicted octanol–water partition coefficient (Wildman–Crippen LogP) is 5.44. The van der Waals surface area contributed by atoms with Gasteiger partial charge in [0.05, 0.1) is 24.6 Å². The first-order valence-corrected chi connectivity index (χ1v) is 9.77. The van der Waals surface area contributed by atoms with E-state index in [0.29, 0.717) is 6.61 Å². The number of ether oxygens (including phenoxy) is 2. The van der Waals surface area contributed by atoms with Crippen LogP contribution in [-0.4, -0.2) is 23.9 Å². The first kappa shape index (κ1) is 18.9. The van der Waals surface area contributed by atoms with Crippen molar-refractivity contribution in [3.05, 3.63) is 59.5 Å². The van der Waals surface area contributed by atoms with Crippen LogP contribution in [0.15, 0.2) is 59.0 Å². The van der Waals surface area contributed by atoms with Crippen molar-refractivity contribution in [1.29, 1.82) is 0 Å². The second kappa shape index (κ2) is 9.19. The summed E-state index contributed by atoms with van der Waals surface area (Å²) in [5, 5.41) is 7.04. The summed E-state index contributed by atoms with van der Waals surface area (Å²) in [5.41, 5.74) is 5.93. The molecule has 3 aromatic rings. The van der Waals surface area contributed by atoms with E-state index in [1.807, 2.05) is 74.7 Å². The Kier molecular flexibility index (Phi) is 6.44. The number of hydrogen-bond donors (Lipinski definition) is 1. The highest BCUT2D eigenvalue weighted by Crippen LogP contribution is 2.29. The molecule has 0 fully saturated rings. The summed E-state index contributed by atoms with van der Waals surface area (Å²) in [4.78, 5) is 4.55. The van der Waals surface area contributed by atoms with Gasteiger partial charge in [-0.25, -0.2) is 4.98 Å². The van der Waals surface area contributed by atoms with Crippen LogP contribution in [0, 0.1) is 0 Å². The minimum atomic E-state index is 0.0918. The van der Waals surface area contributed by atoms with Gasteiger partial charge in [-0.05, 0) is 44.5 Å². The van der Waals surface area contributed by atoms with Gasteiger partial charge in [-0.15, -0.1) is 11.3 Å². The summed E-state index contributed by atoms with van der Waals surface area (Å²) < 4.78 is 11.5. The van der Waals surface area contributed by atoms with Gasteiger partial charge in [-0.3, -0.25) is 5.43 Å². The highest BCUT2D eigenvalue weighted by molar-refractivity contribution is 7.14. The Morgan fingerprint density at radius 3 is 2.70 bits per heavy atom. The van der Waals surface area contributed by atoms with E-state index in [1.54, 1.807) is 6.21 Å². The lowest BCUT2D eigenvalue weighted by Crippen LogP contribution is -2.07. The Bertz CT molecular complexity index is 891. The number of nitrogens with one attached hydrogen (secondary N) is 1. The molecular weight excluding hydrogens is 358 g/mol. The molecule has 0 aliphatic heterocycles. The van der Waals surface area contributed by atoms with Gasteiger partial charge in [0.1, 0.15) is 0 Å². The van der Waals surface area contributed by atoms with Crippen molar-refractivity contribution in [1.82, 2.24) is 4.98 Å². The van der Waals surface area contributed by atoms with Crippen molar-refractivity contribution in [3.63, 3.8) is 0 Å². The fraction of sp³-hybridized carbons (Fsp3) is 0.238. The molecule has 3 rings (SSSR count). The topological polar surface area (TPSA) is 55.7 Å². The molecule has 1 N–H and O–H groups in total. The second-order valence-corrected chi connectivity index (χ2v) is 6.94. The zero-order chi connectivity index (χ0) is 19.1. The van der Waals surface area contributed by atoms with Crippen LogP contribution < -0.4 is 14.9 Å². The number of benzene rings is 2. The Morgan fingerprint density at radius 1 is 1.15 bits per heavy atom. The van der Waals surface area contributed by atoms with Crippen molar-refractivity contribution < 1.29 is 9.47 Å². The summed E-state index contributed by atoms with van der Waals surface area (Å²) in [6.45, 7) is 6.52. The van der Waals surface area contributed by atoms with Crippen LogP contribution in [0.1, 0.15) is 26.3 Å². The molecule has 0 unspecified atom stereocenters. The SMILES string of the molecule is CCOc1cc(/C=N\Nc2nc(-c3ccccc3)cs2)ccc1OC(C)C. The van der Waals surface area contributed by atoms with Crippen LogP contribution in [0.2, 0.25) is 0 Å². The Hall–Kier alpha value is -2.86. The third-order valence-corrected chi connectivity index (χ3v) is 4.32. The Labute approximate surface area is 163 Å². The molecule has 0 spiro atoms. The number of hydrazone groups is 1. The molecule has 0 amide bonds. The lowest BCUT2D eigenvalue weighted by molar-refractivity contribution is 0.224. The van der Waals surface area contributed by atoms with Crippen molar-refractivity contribution in [3.8, 4) is 22.8 Å². The van der Waals surface area contributed by atoms with Gasteiger partial charge >= 0.3 is 0 Å². The molecule has 0 aliphatic rings. The van der Waals surface area contributed by atoms with Crippen molar-refractivity contribution in [2.75, 3.05) is 12.0 Å². The Balaban J connectivity index is 1.67. The van der Waals surface area contributed by atoms with Crippen molar-refractivity contribution in [2.24, 2.45) is 5.10 Å². The lowest BCUT2D eigenvalue weighted by atomic mass is 10.2. The summed E-state index contributed by atoms with van der Waals surface area (Å²) >= 11 is 1.52. The molecule has 0 saturated heterocycles. The van der Waals surface area contributed by atoms with E-state index < -0.39 is 0 Å². The smallest absolute Gasteiger partial charge is 0.203 e. The third kappa shape index (κ3) is 5.31. The molecule has 140 valence electrons. The van der Waals surface area contributed by atoms with Gasteiger partial charge in [0.2, 0.25) is 5.13 Å². The number of aromatic nitrogens is 1. The minimum Gasteiger partial charge on any atom is -0.490 e. The molecule has 2 aromatic carbocycles. The summed E-state index contributed by atoms with van der Waals surface area (Å²) in [6, 6.07) is 15.9. The van der Waals surface area contributed by atoms with E-state index in [2.05, 4.69) is 15.5 Å². The number of nitrogens with zero attached hydrogens (tertiary/aromatic N) is 2. The first-order chi connectivity index (χ1) is 13.2. The standard InChI is InChI=1S/C21H23N3O2S/c1-4-25-20-12-16(10-11-19(20)26-15(2)3)13-22-24-21-23-18(14-27-21)17-8-6-5-7-9-17/h5-15H,4H2,1-3H3,(H,23,24)/b22-13-. The van der Waals surface area contributed by atoms with Gasteiger partial charge in [0.25, 0.3) is 0 Å². The van der Waals surface area contributed by atoms with E-state index in [9.17, 15) is 0 Å². The average molecular weight is 382 g/mol. The third-order valence-electron chi connectivity index (χ3n) is 3.58. The molecule has 0 bridgehead atoms. The average Bonchev–Trinajstić information content (AvgIpc) is 3.13. The molecule has 6 heteroatoms. The number of anilines is 1. The second-order valence-electron chi connectivity index (χ2n) is 6.08. The largest absolute Gasteiger partial charge is 0.490 e. The predicted molar refractivity (Wildman–Crippen MR) is 112 cm³/mol. The molecule has 1 heterocycles. The zero-order valence-electron chi connectivity index (χ0n) is 15.7. The molecule has 0 saturated carbocycles. The van der Waals surface area contributed by atoms with Crippen LogP contribution in [0.4, 0.5) is 5.13 Å². The van der Waals surface area contributed by atoms with E-state index in [-0.39, 0.29) is 6.10 Å². The van der Waals surface area contributed by atoms with Gasteiger partial charge in [-0.1, -0.05) is 30.3 Å². The molecular formula is C21H23N3O2S. The fourth-order valence-corrected chi connectivity index (χ4v) is 3.12. The highest BCUT2D eigenvalue weighted by atomic mass is 32.1. The highest BCUT2D eigenvalue weighted by Gasteiger charge is 2.08. The summed E-state index contributed by atoms with van der Waals surface area (Å²) in [7, 11) is 0. The maximum absolute atomic E-state index is 5.78. The van der Waals surface area contributed by atoms with Crippen molar-refractivity contribution >= 4 is 22.7 Å². The quantitative estimate of drug-likeness (QED) is 0.417. The number of hydrogen-bond acceptors (Lipinski definition) is 6. The number of rotatable bonds is 8. The van der Waals surface area contributed by atoms with Gasteiger partial charge in [0.15, 0.2) is 11.5 Å². The molecule has 27 heavy (non-hydrogen) atoms. The molecule has 1 aromatic heterocycles. The van der Waals surface area contributed by atoms with Gasteiger partial charge in [-0.2, -0.15) is 5.10 Å². The maximum Gasteiger partial charge on any atom is 0.203 e. The van der Waals surface area contributed by atoms with E-state index >= 15 is 0 Å². The lowest BCUT2D eigenvalue weighted by Gasteiger charge is -2.14. The van der Waals surface area contributed by atoms with Crippen molar-refractivity contribution in [2.45, 2.75) is 26.9 Å². The minimum absolute atomic E-state index is 0.0918. The first-order valence-electron chi connectivity index (χ1n) is 8.89. The van der Waals surface area contributed by atoms with E-state index in [1.165, 1.54) is 11.3 Å². The van der Waals surface area contributed by atoms with Crippen LogP contribution in [0.3, 0.4) is 0 Å². The van der Waals surface area contributed by atoms with E-state index in [0.717, 1.165) is 33.5 Å². The van der Waals surface area contributed by atoms with Crippen LogP contribution >= 0.6 is 11.3 Å². The van der Waals surface area contributed by atoms with Crippen LogP contribution in [0.25, 0.3) is 11.3 Å². The fourth-order valence-electron chi connectivity index (χ4n) is 2.45. The summed E-state index contributed by atoms with van der Waals surface area (Å²) in [5.74, 6) is 1.46. The molecule has 0 aliphatic carbocycles. The van der Waals surface area contributed by atoms with Crippen LogP contribution in [0.5, 0.6) is 11.5 Å². The number of thiazole rings is 1. The molecule has 5 nitrogen and oxygen atoms in total. The van der Waals surface area contributed by atoms with Crippen LogP contribution in [-0.2, 0) is 0 Å². The van der Waals surface area contributed by atoms with Gasteiger partial charge < -0.3 is 9.47 Å². The molecule has 0 radical (unpaired) electrons. The monoisotopic (exact) mass is 381 g/mol. The van der Waals surface area contributed by atoms with E-state index in [4.69, 9.17) is 9.47 Å². The molecule has 0 atom stereocenters. The summed E-state index contributed by atoms with van der Waals surface area (Å²) in [6.07, 6.45) is 1.83. The van der Waals surface area contributed by atoms with Gasteiger partial charge in [0, 0.05) is 10.9 Å².